The zero-order valence-electron chi connectivity index (χ0n) is 17.5. The summed E-state index contributed by atoms with van der Waals surface area (Å²) in [6, 6.07) is 12.9. The summed E-state index contributed by atoms with van der Waals surface area (Å²) >= 11 is 1.47. The van der Waals surface area contributed by atoms with Crippen molar-refractivity contribution in [3.05, 3.63) is 47.5 Å². The summed E-state index contributed by atoms with van der Waals surface area (Å²) in [4.78, 5) is 9.63. The first-order chi connectivity index (χ1) is 14.3. The molecule has 168 valence electrons. The number of hydrogen-bond donors (Lipinski definition) is 1. The van der Waals surface area contributed by atoms with E-state index in [1.807, 2.05) is 18.2 Å². The number of para-hydroxylation sites is 2. The van der Waals surface area contributed by atoms with E-state index in [1.54, 1.807) is 25.3 Å². The Morgan fingerprint density at radius 2 is 1.87 bits per heavy atom. The third kappa shape index (κ3) is 5.38. The van der Waals surface area contributed by atoms with E-state index >= 15 is 0 Å². The highest BCUT2D eigenvalue weighted by Gasteiger charge is 2.23. The molecule has 0 amide bonds. The monoisotopic (exact) mass is 526 g/mol. The summed E-state index contributed by atoms with van der Waals surface area (Å²) in [5, 5.41) is 0.836. The summed E-state index contributed by atoms with van der Waals surface area (Å²) in [6.45, 7) is 4.36. The van der Waals surface area contributed by atoms with Crippen LogP contribution in [-0.2, 0) is 9.84 Å². The van der Waals surface area contributed by atoms with Crippen LogP contribution in [0.3, 0.4) is 0 Å². The first-order valence-corrected chi connectivity index (χ1v) is 12.5. The van der Waals surface area contributed by atoms with Gasteiger partial charge >= 0.3 is 0 Å². The number of halogens is 1. The van der Waals surface area contributed by atoms with Gasteiger partial charge in [-0.2, -0.15) is 0 Å². The van der Waals surface area contributed by atoms with E-state index in [0.717, 1.165) is 59.4 Å². The van der Waals surface area contributed by atoms with Crippen LogP contribution in [0, 0.1) is 0 Å². The Kier molecular flexibility index (Phi) is 7.59. The van der Waals surface area contributed by atoms with Gasteiger partial charge in [-0.25, -0.2) is 13.4 Å². The average Bonchev–Trinajstić information content (AvgIpc) is 3.17. The Bertz CT molecular complexity index is 1140. The van der Waals surface area contributed by atoms with Crippen molar-refractivity contribution in [1.29, 1.82) is 0 Å². The minimum atomic E-state index is -3.24. The molecule has 2 aromatic carbocycles. The molecule has 0 aliphatic carbocycles. The van der Waals surface area contributed by atoms with Crippen LogP contribution in [-0.4, -0.2) is 64.4 Å². The molecule has 0 radical (unpaired) electrons. The number of benzene rings is 2. The molecule has 1 saturated heterocycles. The van der Waals surface area contributed by atoms with Gasteiger partial charge in [0, 0.05) is 39.0 Å². The fourth-order valence-electron chi connectivity index (χ4n) is 3.73. The highest BCUT2D eigenvalue weighted by molar-refractivity contribution is 8.93. The molecule has 0 bridgehead atoms. The normalized spacial score (nSPS) is 16.2. The number of thiazole rings is 1. The zero-order valence-corrected chi connectivity index (χ0v) is 20.9. The lowest BCUT2D eigenvalue weighted by atomic mass is 10.2. The van der Waals surface area contributed by atoms with Crippen LogP contribution in [0.15, 0.2) is 47.4 Å². The standard InChI is InChI=1S/C21H26N4O3S2.BrH/c1-28-19-6-4-3-5-18(19)25-11-9-24(10-12-25)14-16(22)21-23-17-8-7-15(30(2,26)27)13-20(17)29-21;/h3-8,13,16H,9-12,14,22H2,1-2H3;1H. The topological polar surface area (TPSA) is 88.8 Å². The number of anilines is 1. The number of methoxy groups -OCH3 is 1. The maximum atomic E-state index is 11.8. The van der Waals surface area contributed by atoms with Crippen molar-refractivity contribution < 1.29 is 13.2 Å². The number of fused-ring (bicyclic) bond motifs is 1. The fourth-order valence-corrected chi connectivity index (χ4v) is 5.45. The molecule has 1 aromatic heterocycles. The maximum absolute atomic E-state index is 11.8. The molecule has 0 spiro atoms. The molecule has 4 rings (SSSR count). The van der Waals surface area contributed by atoms with Gasteiger partial charge in [0.2, 0.25) is 0 Å². The van der Waals surface area contributed by atoms with Gasteiger partial charge in [0.15, 0.2) is 9.84 Å². The smallest absolute Gasteiger partial charge is 0.175 e. The minimum absolute atomic E-state index is 0. The van der Waals surface area contributed by atoms with Gasteiger partial charge in [-0.05, 0) is 30.3 Å². The molecule has 3 aromatic rings. The van der Waals surface area contributed by atoms with Gasteiger partial charge in [-0.15, -0.1) is 28.3 Å². The number of nitrogens with zero attached hydrogens (tertiary/aromatic N) is 3. The average molecular weight is 528 g/mol. The van der Waals surface area contributed by atoms with Crippen LogP contribution in [0.25, 0.3) is 10.2 Å². The second-order valence-electron chi connectivity index (χ2n) is 7.52. The minimum Gasteiger partial charge on any atom is -0.495 e. The van der Waals surface area contributed by atoms with Crippen LogP contribution in [0.5, 0.6) is 5.75 Å². The van der Waals surface area contributed by atoms with Crippen molar-refractivity contribution in [2.45, 2.75) is 10.9 Å². The summed E-state index contributed by atoms with van der Waals surface area (Å²) in [6.07, 6.45) is 1.21. The predicted octanol–water partition coefficient (Wildman–Crippen LogP) is 3.11. The van der Waals surface area contributed by atoms with Crippen molar-refractivity contribution in [2.75, 3.05) is 51.0 Å². The summed E-state index contributed by atoms with van der Waals surface area (Å²) in [5.74, 6) is 0.894. The number of nitrogens with two attached hydrogens (primary N) is 1. The largest absolute Gasteiger partial charge is 0.495 e. The molecular weight excluding hydrogens is 500 g/mol. The Balaban J connectivity index is 0.00000272. The van der Waals surface area contributed by atoms with E-state index in [2.05, 4.69) is 20.9 Å². The molecule has 1 fully saturated rings. The first kappa shape index (κ1) is 23.9. The number of ether oxygens (including phenoxy) is 1. The highest BCUT2D eigenvalue weighted by atomic mass is 79.9. The van der Waals surface area contributed by atoms with Crippen molar-refractivity contribution in [3.63, 3.8) is 0 Å². The number of sulfone groups is 1. The number of piperazine rings is 1. The van der Waals surface area contributed by atoms with Gasteiger partial charge < -0.3 is 15.4 Å². The Hall–Kier alpha value is -1.72. The second kappa shape index (κ2) is 9.83. The molecule has 2 N–H and O–H groups in total. The predicted molar refractivity (Wildman–Crippen MR) is 132 cm³/mol. The molecule has 1 aliphatic rings. The van der Waals surface area contributed by atoms with Gasteiger partial charge in [0.1, 0.15) is 10.8 Å². The van der Waals surface area contributed by atoms with Crippen LogP contribution in [0.2, 0.25) is 0 Å². The summed E-state index contributed by atoms with van der Waals surface area (Å²) in [5.41, 5.74) is 8.37. The molecule has 1 aliphatic heterocycles. The van der Waals surface area contributed by atoms with Crippen LogP contribution >= 0.6 is 28.3 Å². The number of rotatable bonds is 6. The lowest BCUT2D eigenvalue weighted by Crippen LogP contribution is -2.48. The third-order valence-electron chi connectivity index (χ3n) is 5.37. The quantitative estimate of drug-likeness (QED) is 0.527. The molecule has 7 nitrogen and oxygen atoms in total. The maximum Gasteiger partial charge on any atom is 0.175 e. The SMILES string of the molecule is Br.COc1ccccc1N1CCN(CC(N)c2nc3ccc(S(C)(=O)=O)cc3s2)CC1. The summed E-state index contributed by atoms with van der Waals surface area (Å²) < 4.78 is 29.9. The molecule has 0 saturated carbocycles. The van der Waals surface area contributed by atoms with Gasteiger partial charge in [-0.1, -0.05) is 12.1 Å². The molecular formula is C21H27BrN4O3S2. The van der Waals surface area contributed by atoms with E-state index in [-0.39, 0.29) is 23.0 Å². The lowest BCUT2D eigenvalue weighted by molar-refractivity contribution is 0.242. The van der Waals surface area contributed by atoms with Crippen molar-refractivity contribution in [3.8, 4) is 5.75 Å². The van der Waals surface area contributed by atoms with E-state index in [1.165, 1.54) is 17.6 Å². The molecule has 1 unspecified atom stereocenters. The number of hydrogen-bond acceptors (Lipinski definition) is 8. The van der Waals surface area contributed by atoms with E-state index in [4.69, 9.17) is 10.5 Å². The van der Waals surface area contributed by atoms with Crippen LogP contribution in [0.4, 0.5) is 5.69 Å². The Labute approximate surface area is 197 Å². The third-order valence-corrected chi connectivity index (χ3v) is 7.64. The lowest BCUT2D eigenvalue weighted by Gasteiger charge is -2.37. The zero-order chi connectivity index (χ0) is 21.3. The fraction of sp³-hybridized carbons (Fsp3) is 0.381. The molecule has 31 heavy (non-hydrogen) atoms. The first-order valence-electron chi connectivity index (χ1n) is 9.81. The van der Waals surface area contributed by atoms with Crippen LogP contribution in [0.1, 0.15) is 11.0 Å². The Morgan fingerprint density at radius 3 is 2.55 bits per heavy atom. The van der Waals surface area contributed by atoms with Crippen LogP contribution < -0.4 is 15.4 Å². The van der Waals surface area contributed by atoms with E-state index in [0.29, 0.717) is 4.90 Å². The van der Waals surface area contributed by atoms with E-state index < -0.39 is 9.84 Å². The number of aromatic nitrogens is 1. The van der Waals surface area contributed by atoms with Gasteiger partial charge in [0.05, 0.1) is 34.0 Å². The highest BCUT2D eigenvalue weighted by Crippen LogP contribution is 2.30. The van der Waals surface area contributed by atoms with Crippen molar-refractivity contribution >= 4 is 54.1 Å². The van der Waals surface area contributed by atoms with E-state index in [9.17, 15) is 8.42 Å². The summed E-state index contributed by atoms with van der Waals surface area (Å²) in [7, 11) is -1.54. The molecule has 10 heteroatoms. The van der Waals surface area contributed by atoms with Gasteiger partial charge in [-0.3, -0.25) is 4.90 Å². The molecule has 1 atom stereocenters. The molecule has 2 heterocycles. The Morgan fingerprint density at radius 1 is 1.16 bits per heavy atom. The van der Waals surface area contributed by atoms with Crippen molar-refractivity contribution in [1.82, 2.24) is 9.88 Å². The second-order valence-corrected chi connectivity index (χ2v) is 10.6. The van der Waals surface area contributed by atoms with Gasteiger partial charge in [0.25, 0.3) is 0 Å². The van der Waals surface area contributed by atoms with Crippen molar-refractivity contribution in [2.24, 2.45) is 5.73 Å².